The SMILES string of the molecule is COc1ccc(CN(c2nncn2[C@H]2CCc3sc(NC(=O)C4CC4)c(C(=O)NCC4CC4)c3C2)[C@H]2CCOC2)c(OC)c1. The minimum atomic E-state index is -0.0820. The summed E-state index contributed by atoms with van der Waals surface area (Å²) in [6, 6.07) is 6.08. The van der Waals surface area contributed by atoms with E-state index in [1.807, 2.05) is 24.5 Å². The number of amides is 2. The molecule has 3 aliphatic carbocycles. The second-order valence-electron chi connectivity index (χ2n) is 12.4. The Morgan fingerprint density at radius 2 is 2.00 bits per heavy atom. The number of nitrogens with one attached hydrogen (secondary N) is 2. The topological polar surface area (TPSA) is 120 Å². The maximum atomic E-state index is 13.6. The number of carbonyl (C=O) groups excluding carboxylic acids is 2. The van der Waals surface area contributed by atoms with E-state index in [0.29, 0.717) is 49.2 Å². The van der Waals surface area contributed by atoms with Gasteiger partial charge in [-0.05, 0) is 75.0 Å². The number of thiophene rings is 1. The Labute approximate surface area is 261 Å². The number of anilines is 2. The van der Waals surface area contributed by atoms with E-state index in [-0.39, 0.29) is 29.8 Å². The molecule has 2 N–H and O–H groups in total. The first-order valence-electron chi connectivity index (χ1n) is 15.7. The van der Waals surface area contributed by atoms with Crippen molar-refractivity contribution in [3.63, 3.8) is 0 Å². The summed E-state index contributed by atoms with van der Waals surface area (Å²) in [7, 11) is 3.32. The number of aryl methyl sites for hydroxylation is 1. The molecule has 3 heterocycles. The molecule has 0 radical (unpaired) electrons. The van der Waals surface area contributed by atoms with Gasteiger partial charge in [0.15, 0.2) is 0 Å². The number of aromatic nitrogens is 3. The predicted molar refractivity (Wildman–Crippen MR) is 167 cm³/mol. The molecular weight excluding hydrogens is 580 g/mol. The lowest BCUT2D eigenvalue weighted by molar-refractivity contribution is -0.117. The van der Waals surface area contributed by atoms with Gasteiger partial charge in [0, 0.05) is 48.2 Å². The molecule has 0 spiro atoms. The number of nitrogens with zero attached hydrogens (tertiary/aromatic N) is 4. The predicted octanol–water partition coefficient (Wildman–Crippen LogP) is 4.37. The van der Waals surface area contributed by atoms with E-state index >= 15 is 0 Å². The first-order valence-corrected chi connectivity index (χ1v) is 16.5. The monoisotopic (exact) mass is 620 g/mol. The molecule has 1 aromatic carbocycles. The van der Waals surface area contributed by atoms with Crippen LogP contribution in [0.3, 0.4) is 0 Å². The quantitative estimate of drug-likeness (QED) is 0.307. The molecule has 12 heteroatoms. The van der Waals surface area contributed by atoms with Crippen LogP contribution in [-0.4, -0.2) is 66.6 Å². The van der Waals surface area contributed by atoms with Gasteiger partial charge in [-0.15, -0.1) is 21.5 Å². The van der Waals surface area contributed by atoms with Crippen LogP contribution in [0.25, 0.3) is 0 Å². The summed E-state index contributed by atoms with van der Waals surface area (Å²) in [5, 5.41) is 16.0. The van der Waals surface area contributed by atoms with E-state index in [4.69, 9.17) is 14.2 Å². The van der Waals surface area contributed by atoms with Crippen LogP contribution in [0.5, 0.6) is 11.5 Å². The lowest BCUT2D eigenvalue weighted by atomic mass is 9.91. The molecule has 2 aromatic heterocycles. The molecular formula is C32H40N6O5S. The van der Waals surface area contributed by atoms with Gasteiger partial charge in [0.2, 0.25) is 11.9 Å². The third-order valence-corrected chi connectivity index (χ3v) is 10.5. The van der Waals surface area contributed by atoms with E-state index in [9.17, 15) is 9.59 Å². The van der Waals surface area contributed by atoms with E-state index in [1.54, 1.807) is 25.6 Å². The number of carbonyl (C=O) groups is 2. The second-order valence-corrected chi connectivity index (χ2v) is 13.5. The largest absolute Gasteiger partial charge is 0.497 e. The number of ether oxygens (including phenoxy) is 3. The molecule has 234 valence electrons. The average molecular weight is 621 g/mol. The standard InChI is InChI=1S/C32H40N6O5S/c1-41-24-9-7-21(26(14-24)42-2)16-37(23-11-12-43-17-23)32-36-34-18-38(32)22-8-10-27-25(13-22)28(30(40)33-15-19-3-4-19)31(44-27)35-29(39)20-5-6-20/h7,9,14,18-20,22-23H,3-6,8,10-13,15-17H2,1-2H3,(H,33,40)(H,35,39)/t22-,23-/m0/s1. The summed E-state index contributed by atoms with van der Waals surface area (Å²) in [6.45, 7) is 2.57. The average Bonchev–Trinajstić information content (AvgIpc) is 3.92. The lowest BCUT2D eigenvalue weighted by Gasteiger charge is -2.32. The Morgan fingerprint density at radius 1 is 1.14 bits per heavy atom. The highest BCUT2D eigenvalue weighted by molar-refractivity contribution is 7.17. The summed E-state index contributed by atoms with van der Waals surface area (Å²) < 4.78 is 19.1. The molecule has 11 nitrogen and oxygen atoms in total. The van der Waals surface area contributed by atoms with E-state index in [0.717, 1.165) is 73.5 Å². The van der Waals surface area contributed by atoms with Gasteiger partial charge in [0.05, 0.1) is 32.4 Å². The number of rotatable bonds is 12. The molecule has 44 heavy (non-hydrogen) atoms. The Morgan fingerprint density at radius 3 is 2.73 bits per heavy atom. The summed E-state index contributed by atoms with van der Waals surface area (Å²) in [4.78, 5) is 29.9. The first-order chi connectivity index (χ1) is 21.5. The van der Waals surface area contributed by atoms with Crippen LogP contribution >= 0.6 is 11.3 Å². The van der Waals surface area contributed by atoms with Gasteiger partial charge in [-0.25, -0.2) is 0 Å². The molecule has 4 aliphatic rings. The van der Waals surface area contributed by atoms with Crippen LogP contribution < -0.4 is 25.0 Å². The smallest absolute Gasteiger partial charge is 0.254 e. The lowest BCUT2D eigenvalue weighted by Crippen LogP contribution is -2.38. The fraction of sp³-hybridized carbons (Fsp3) is 0.562. The summed E-state index contributed by atoms with van der Waals surface area (Å²) in [5.74, 6) is 2.86. The van der Waals surface area contributed by atoms with Gasteiger partial charge < -0.3 is 29.7 Å². The van der Waals surface area contributed by atoms with E-state index in [1.165, 1.54) is 4.88 Å². The highest BCUT2D eigenvalue weighted by Crippen LogP contribution is 2.43. The Hall–Kier alpha value is -3.64. The van der Waals surface area contributed by atoms with Crippen LogP contribution in [0, 0.1) is 11.8 Å². The van der Waals surface area contributed by atoms with Crippen molar-refractivity contribution in [2.45, 2.75) is 70.0 Å². The highest BCUT2D eigenvalue weighted by Gasteiger charge is 2.36. The molecule has 3 fully saturated rings. The fourth-order valence-electron chi connectivity index (χ4n) is 6.33. The zero-order valence-corrected chi connectivity index (χ0v) is 26.2. The van der Waals surface area contributed by atoms with Crippen molar-refractivity contribution in [1.29, 1.82) is 0 Å². The Balaban J connectivity index is 1.18. The Bertz CT molecular complexity index is 1520. The minimum Gasteiger partial charge on any atom is -0.497 e. The van der Waals surface area contributed by atoms with Crippen LogP contribution in [-0.2, 0) is 28.9 Å². The van der Waals surface area contributed by atoms with Crippen molar-refractivity contribution in [3.8, 4) is 11.5 Å². The first kappa shape index (κ1) is 29.1. The van der Waals surface area contributed by atoms with Crippen molar-refractivity contribution in [1.82, 2.24) is 20.1 Å². The molecule has 3 aromatic rings. The highest BCUT2D eigenvalue weighted by atomic mass is 32.1. The molecule has 1 saturated heterocycles. The molecule has 0 bridgehead atoms. The number of hydrogen-bond donors (Lipinski definition) is 2. The van der Waals surface area contributed by atoms with E-state index < -0.39 is 0 Å². The number of methoxy groups -OCH3 is 2. The molecule has 0 unspecified atom stereocenters. The van der Waals surface area contributed by atoms with Crippen molar-refractivity contribution in [3.05, 3.63) is 46.1 Å². The van der Waals surface area contributed by atoms with Crippen molar-refractivity contribution in [2.75, 3.05) is 44.2 Å². The fourth-order valence-corrected chi connectivity index (χ4v) is 7.58. The maximum absolute atomic E-state index is 13.6. The zero-order chi connectivity index (χ0) is 30.2. The normalized spacial score (nSPS) is 21.0. The van der Waals surface area contributed by atoms with Crippen LogP contribution in [0.2, 0.25) is 0 Å². The number of fused-ring (bicyclic) bond motifs is 1. The van der Waals surface area contributed by atoms with Gasteiger partial charge in [-0.2, -0.15) is 0 Å². The number of benzene rings is 1. The van der Waals surface area contributed by atoms with E-state index in [2.05, 4.69) is 30.3 Å². The van der Waals surface area contributed by atoms with Gasteiger partial charge in [0.1, 0.15) is 22.8 Å². The van der Waals surface area contributed by atoms with Crippen LogP contribution in [0.4, 0.5) is 10.9 Å². The molecule has 2 amide bonds. The van der Waals surface area contributed by atoms with Gasteiger partial charge >= 0.3 is 0 Å². The third kappa shape index (κ3) is 6.01. The van der Waals surface area contributed by atoms with Crippen molar-refractivity contribution < 1.29 is 23.8 Å². The Kier molecular flexibility index (Phi) is 8.19. The number of hydrogen-bond acceptors (Lipinski definition) is 9. The molecule has 1 aliphatic heterocycles. The van der Waals surface area contributed by atoms with Gasteiger partial charge in [-0.3, -0.25) is 14.2 Å². The maximum Gasteiger partial charge on any atom is 0.254 e. The minimum absolute atomic E-state index is 0.0286. The molecule has 7 rings (SSSR count). The summed E-state index contributed by atoms with van der Waals surface area (Å²) >= 11 is 1.57. The van der Waals surface area contributed by atoms with Crippen molar-refractivity contribution in [2.24, 2.45) is 11.8 Å². The van der Waals surface area contributed by atoms with Crippen molar-refractivity contribution >= 4 is 34.1 Å². The zero-order valence-electron chi connectivity index (χ0n) is 25.3. The summed E-state index contributed by atoms with van der Waals surface area (Å²) in [6.07, 6.45) is 9.25. The van der Waals surface area contributed by atoms with Gasteiger partial charge in [-0.1, -0.05) is 0 Å². The van der Waals surface area contributed by atoms with Gasteiger partial charge in [0.25, 0.3) is 5.91 Å². The van der Waals surface area contributed by atoms with Crippen LogP contribution in [0.1, 0.15) is 70.9 Å². The molecule has 2 saturated carbocycles. The summed E-state index contributed by atoms with van der Waals surface area (Å²) in [5.41, 5.74) is 2.70. The third-order valence-electron chi connectivity index (χ3n) is 9.28. The molecule has 2 atom stereocenters. The second kappa shape index (κ2) is 12.4. The van der Waals surface area contributed by atoms with Crippen LogP contribution in [0.15, 0.2) is 24.5 Å².